The number of hydrogen-bond donors (Lipinski definition) is 2. The summed E-state index contributed by atoms with van der Waals surface area (Å²) >= 11 is 0. The number of hydrogen-bond acceptors (Lipinski definition) is 4. The molecule has 1 aromatic heterocycles. The van der Waals surface area contributed by atoms with Gasteiger partial charge in [0, 0.05) is 24.6 Å². The van der Waals surface area contributed by atoms with Gasteiger partial charge >= 0.3 is 0 Å². The van der Waals surface area contributed by atoms with Crippen LogP contribution in [0.2, 0.25) is 0 Å². The van der Waals surface area contributed by atoms with Crippen LogP contribution < -0.4 is 10.2 Å². The number of amides is 1. The third kappa shape index (κ3) is 3.92. The van der Waals surface area contributed by atoms with Gasteiger partial charge < -0.3 is 15.3 Å². The lowest BCUT2D eigenvalue weighted by molar-refractivity contribution is -0.123. The van der Waals surface area contributed by atoms with Crippen LogP contribution in [0.3, 0.4) is 0 Å². The number of anilines is 1. The molecule has 24 heavy (non-hydrogen) atoms. The number of benzene rings is 1. The molecule has 1 amide bonds. The SMILES string of the molecule is O=C(N[C@H](CO)Cc1ccncc1)[C@H]1CCCN1c1ccccc1. The molecule has 1 fully saturated rings. The zero-order valence-electron chi connectivity index (χ0n) is 13.6. The van der Waals surface area contributed by atoms with E-state index in [2.05, 4.69) is 15.2 Å². The minimum Gasteiger partial charge on any atom is -0.394 e. The number of para-hydroxylation sites is 1. The molecule has 3 rings (SSSR count). The van der Waals surface area contributed by atoms with Crippen molar-refractivity contribution < 1.29 is 9.90 Å². The molecule has 0 unspecified atom stereocenters. The van der Waals surface area contributed by atoms with E-state index >= 15 is 0 Å². The van der Waals surface area contributed by atoms with Gasteiger partial charge in [-0.15, -0.1) is 0 Å². The average Bonchev–Trinajstić information content (AvgIpc) is 3.12. The third-order valence-electron chi connectivity index (χ3n) is 4.44. The summed E-state index contributed by atoms with van der Waals surface area (Å²) in [4.78, 5) is 18.9. The standard InChI is InChI=1S/C19H23N3O2/c23-14-16(13-15-8-10-20-11-9-15)21-19(24)18-7-4-12-22(18)17-5-2-1-3-6-17/h1-3,5-6,8-11,16,18,23H,4,7,12-14H2,(H,21,24)/t16-,18+/m0/s1. The lowest BCUT2D eigenvalue weighted by atomic mass is 10.1. The molecule has 0 bridgehead atoms. The Hall–Kier alpha value is -2.40. The Morgan fingerprint density at radius 3 is 2.71 bits per heavy atom. The van der Waals surface area contributed by atoms with Crippen molar-refractivity contribution in [3.8, 4) is 0 Å². The largest absolute Gasteiger partial charge is 0.394 e. The quantitative estimate of drug-likeness (QED) is 0.849. The van der Waals surface area contributed by atoms with Crippen molar-refractivity contribution >= 4 is 11.6 Å². The molecule has 1 saturated heterocycles. The Kier molecular flexibility index (Phi) is 5.43. The van der Waals surface area contributed by atoms with Crippen molar-refractivity contribution in [2.24, 2.45) is 0 Å². The van der Waals surface area contributed by atoms with Crippen LogP contribution in [-0.4, -0.2) is 41.2 Å². The normalized spacial score (nSPS) is 18.4. The second kappa shape index (κ2) is 7.93. The molecule has 0 saturated carbocycles. The number of carbonyl (C=O) groups is 1. The van der Waals surface area contributed by atoms with Gasteiger partial charge in [0.15, 0.2) is 0 Å². The van der Waals surface area contributed by atoms with Gasteiger partial charge in [-0.25, -0.2) is 0 Å². The highest BCUT2D eigenvalue weighted by Gasteiger charge is 2.31. The van der Waals surface area contributed by atoms with E-state index < -0.39 is 0 Å². The molecule has 1 aliphatic heterocycles. The summed E-state index contributed by atoms with van der Waals surface area (Å²) in [7, 11) is 0. The fourth-order valence-corrected chi connectivity index (χ4v) is 3.23. The fraction of sp³-hybridized carbons (Fsp3) is 0.368. The monoisotopic (exact) mass is 325 g/mol. The van der Waals surface area contributed by atoms with Crippen LogP contribution in [0.5, 0.6) is 0 Å². The van der Waals surface area contributed by atoms with E-state index in [9.17, 15) is 9.90 Å². The van der Waals surface area contributed by atoms with E-state index in [1.165, 1.54) is 0 Å². The summed E-state index contributed by atoms with van der Waals surface area (Å²) in [5, 5.41) is 12.6. The van der Waals surface area contributed by atoms with Gasteiger partial charge in [0.25, 0.3) is 0 Å². The molecule has 0 spiro atoms. The molecule has 0 radical (unpaired) electrons. The van der Waals surface area contributed by atoms with E-state index in [1.54, 1.807) is 12.4 Å². The van der Waals surface area contributed by atoms with Crippen LogP contribution in [-0.2, 0) is 11.2 Å². The smallest absolute Gasteiger partial charge is 0.243 e. The number of pyridine rings is 1. The van der Waals surface area contributed by atoms with E-state index in [0.29, 0.717) is 6.42 Å². The van der Waals surface area contributed by atoms with Crippen LogP contribution in [0.1, 0.15) is 18.4 Å². The van der Waals surface area contributed by atoms with Crippen LogP contribution in [0.25, 0.3) is 0 Å². The molecule has 2 atom stereocenters. The fourth-order valence-electron chi connectivity index (χ4n) is 3.23. The molecule has 5 nitrogen and oxygen atoms in total. The first-order valence-corrected chi connectivity index (χ1v) is 8.40. The minimum absolute atomic E-state index is 0.00976. The van der Waals surface area contributed by atoms with Crippen molar-refractivity contribution in [3.63, 3.8) is 0 Å². The molecule has 2 aromatic rings. The van der Waals surface area contributed by atoms with Gasteiger partial charge in [0.05, 0.1) is 12.6 Å². The summed E-state index contributed by atoms with van der Waals surface area (Å²) in [5.74, 6) is -0.00976. The number of carbonyl (C=O) groups excluding carboxylic acids is 1. The number of nitrogens with zero attached hydrogens (tertiary/aromatic N) is 2. The van der Waals surface area contributed by atoms with Gasteiger partial charge in [-0.3, -0.25) is 9.78 Å². The molecule has 1 aliphatic rings. The number of aliphatic hydroxyl groups excluding tert-OH is 1. The van der Waals surface area contributed by atoms with Crippen molar-refractivity contribution in [2.45, 2.75) is 31.3 Å². The number of rotatable bonds is 6. The van der Waals surface area contributed by atoms with Crippen LogP contribution in [0.15, 0.2) is 54.9 Å². The molecular formula is C19H23N3O2. The van der Waals surface area contributed by atoms with Gasteiger partial charge in [0.1, 0.15) is 6.04 Å². The van der Waals surface area contributed by atoms with Crippen molar-refractivity contribution in [1.82, 2.24) is 10.3 Å². The average molecular weight is 325 g/mol. The Morgan fingerprint density at radius 1 is 1.25 bits per heavy atom. The highest BCUT2D eigenvalue weighted by Crippen LogP contribution is 2.25. The summed E-state index contributed by atoms with van der Waals surface area (Å²) in [5.41, 5.74) is 2.13. The second-order valence-corrected chi connectivity index (χ2v) is 6.13. The first-order chi connectivity index (χ1) is 11.8. The maximum Gasteiger partial charge on any atom is 0.243 e. The molecule has 2 heterocycles. The lowest BCUT2D eigenvalue weighted by Gasteiger charge is -2.27. The Bertz CT molecular complexity index is 648. The maximum absolute atomic E-state index is 12.7. The zero-order valence-corrected chi connectivity index (χ0v) is 13.6. The van der Waals surface area contributed by atoms with E-state index in [0.717, 1.165) is 30.6 Å². The second-order valence-electron chi connectivity index (χ2n) is 6.13. The van der Waals surface area contributed by atoms with Crippen LogP contribution in [0.4, 0.5) is 5.69 Å². The Balaban J connectivity index is 1.64. The molecular weight excluding hydrogens is 302 g/mol. The van der Waals surface area contributed by atoms with Crippen LogP contribution >= 0.6 is 0 Å². The van der Waals surface area contributed by atoms with Crippen LogP contribution in [0, 0.1) is 0 Å². The van der Waals surface area contributed by atoms with Gasteiger partial charge in [0.2, 0.25) is 5.91 Å². The first-order valence-electron chi connectivity index (χ1n) is 8.40. The van der Waals surface area contributed by atoms with Gasteiger partial charge in [-0.1, -0.05) is 18.2 Å². The first kappa shape index (κ1) is 16.5. The number of aliphatic hydroxyl groups is 1. The summed E-state index contributed by atoms with van der Waals surface area (Å²) in [6.45, 7) is 0.808. The topological polar surface area (TPSA) is 65.5 Å². The van der Waals surface area contributed by atoms with E-state index in [-0.39, 0.29) is 24.6 Å². The van der Waals surface area contributed by atoms with Gasteiger partial charge in [-0.05, 0) is 49.1 Å². The molecule has 0 aliphatic carbocycles. The Morgan fingerprint density at radius 2 is 2.00 bits per heavy atom. The maximum atomic E-state index is 12.7. The molecule has 5 heteroatoms. The number of nitrogens with one attached hydrogen (secondary N) is 1. The minimum atomic E-state index is -0.280. The Labute approximate surface area is 142 Å². The molecule has 126 valence electrons. The number of aromatic nitrogens is 1. The molecule has 1 aromatic carbocycles. The zero-order chi connectivity index (χ0) is 16.8. The summed E-state index contributed by atoms with van der Waals surface area (Å²) < 4.78 is 0. The molecule has 2 N–H and O–H groups in total. The van der Waals surface area contributed by atoms with Gasteiger partial charge in [-0.2, -0.15) is 0 Å². The van der Waals surface area contributed by atoms with Crippen molar-refractivity contribution in [2.75, 3.05) is 18.1 Å². The van der Waals surface area contributed by atoms with E-state index in [1.807, 2.05) is 42.5 Å². The van der Waals surface area contributed by atoms with Crippen molar-refractivity contribution in [3.05, 3.63) is 60.4 Å². The predicted molar refractivity (Wildman–Crippen MR) is 93.8 cm³/mol. The highest BCUT2D eigenvalue weighted by molar-refractivity contribution is 5.86. The highest BCUT2D eigenvalue weighted by atomic mass is 16.3. The van der Waals surface area contributed by atoms with E-state index in [4.69, 9.17) is 0 Å². The summed E-state index contributed by atoms with van der Waals surface area (Å²) in [6, 6.07) is 13.4. The lowest BCUT2D eigenvalue weighted by Crippen LogP contribution is -2.48. The summed E-state index contributed by atoms with van der Waals surface area (Å²) in [6.07, 6.45) is 5.89. The van der Waals surface area contributed by atoms with Crippen molar-refractivity contribution in [1.29, 1.82) is 0 Å². The predicted octanol–water partition coefficient (Wildman–Crippen LogP) is 1.77. The third-order valence-corrected chi connectivity index (χ3v) is 4.44.